The van der Waals surface area contributed by atoms with Gasteiger partial charge in [0.1, 0.15) is 16.8 Å². The van der Waals surface area contributed by atoms with Crippen molar-refractivity contribution in [2.75, 3.05) is 12.4 Å². The fourth-order valence-electron chi connectivity index (χ4n) is 4.25. The van der Waals surface area contributed by atoms with Gasteiger partial charge in [-0.3, -0.25) is 9.59 Å². The lowest BCUT2D eigenvalue weighted by atomic mass is 9.98. The van der Waals surface area contributed by atoms with Crippen molar-refractivity contribution < 1.29 is 18.7 Å². The van der Waals surface area contributed by atoms with Crippen molar-refractivity contribution in [2.45, 2.75) is 31.1 Å². The number of halogens is 1. The lowest BCUT2D eigenvalue weighted by molar-refractivity contribution is -0.121. The second-order valence-electron chi connectivity index (χ2n) is 8.82. The Bertz CT molecular complexity index is 1390. The molecular weight excluding hydrogens is 491 g/mol. The zero-order valence-corrected chi connectivity index (χ0v) is 21.2. The lowest BCUT2D eigenvalue weighted by Crippen LogP contribution is -2.25. The van der Waals surface area contributed by atoms with Gasteiger partial charge in [-0.05, 0) is 55.0 Å². The molecule has 0 saturated heterocycles. The van der Waals surface area contributed by atoms with E-state index in [1.165, 1.54) is 17.8 Å². The average Bonchev–Trinajstić information content (AvgIpc) is 3.49. The molecule has 2 amide bonds. The summed E-state index contributed by atoms with van der Waals surface area (Å²) in [6.07, 6.45) is 0.400. The minimum absolute atomic E-state index is 0.0301. The summed E-state index contributed by atoms with van der Waals surface area (Å²) in [5.41, 5.74) is 3.83. The van der Waals surface area contributed by atoms with Crippen LogP contribution in [-0.2, 0) is 9.59 Å². The molecular formula is C28H25FN4O3S. The summed E-state index contributed by atoms with van der Waals surface area (Å²) in [6, 6.07) is 21.0. The van der Waals surface area contributed by atoms with Crippen LogP contribution in [0.1, 0.15) is 35.6 Å². The molecule has 3 aromatic carbocycles. The van der Waals surface area contributed by atoms with E-state index in [0.717, 1.165) is 22.6 Å². The van der Waals surface area contributed by atoms with Crippen molar-refractivity contribution in [1.29, 1.82) is 0 Å². The van der Waals surface area contributed by atoms with E-state index < -0.39 is 17.2 Å². The number of aliphatic imine (C=N–C) groups is 1. The van der Waals surface area contributed by atoms with Gasteiger partial charge in [0, 0.05) is 24.1 Å². The molecule has 2 heterocycles. The summed E-state index contributed by atoms with van der Waals surface area (Å²) in [7, 11) is 1.60. The Morgan fingerprint density at radius 1 is 1.11 bits per heavy atom. The smallest absolute Gasteiger partial charge is 0.262 e. The van der Waals surface area contributed by atoms with E-state index in [4.69, 9.17) is 9.84 Å². The molecule has 7 nitrogen and oxygen atoms in total. The van der Waals surface area contributed by atoms with Crippen molar-refractivity contribution in [2.24, 2.45) is 10.1 Å². The van der Waals surface area contributed by atoms with E-state index in [1.54, 1.807) is 30.3 Å². The Balaban J connectivity index is 1.36. The molecule has 0 aliphatic carbocycles. The maximum Gasteiger partial charge on any atom is 0.262 e. The van der Waals surface area contributed by atoms with E-state index in [0.29, 0.717) is 22.8 Å². The van der Waals surface area contributed by atoms with Crippen LogP contribution >= 0.6 is 11.8 Å². The Hall–Kier alpha value is -3.98. The quantitative estimate of drug-likeness (QED) is 0.480. The number of methoxy groups -OCH3 is 1. The number of anilines is 1. The van der Waals surface area contributed by atoms with Gasteiger partial charge in [-0.15, -0.1) is 0 Å². The maximum atomic E-state index is 14.8. The van der Waals surface area contributed by atoms with Crippen LogP contribution in [0.25, 0.3) is 0 Å². The van der Waals surface area contributed by atoms with Gasteiger partial charge in [0.05, 0.1) is 18.9 Å². The Labute approximate surface area is 218 Å². The molecule has 9 heteroatoms. The molecule has 2 unspecified atom stereocenters. The highest BCUT2D eigenvalue weighted by molar-refractivity contribution is 8.15. The third-order valence-electron chi connectivity index (χ3n) is 6.23. The van der Waals surface area contributed by atoms with Crippen molar-refractivity contribution in [3.05, 3.63) is 95.3 Å². The maximum absolute atomic E-state index is 14.8. The van der Waals surface area contributed by atoms with Crippen molar-refractivity contribution in [3.63, 3.8) is 0 Å². The number of benzene rings is 3. The van der Waals surface area contributed by atoms with E-state index in [-0.39, 0.29) is 18.1 Å². The van der Waals surface area contributed by atoms with E-state index in [2.05, 4.69) is 10.3 Å². The number of amides is 2. The van der Waals surface area contributed by atoms with Crippen LogP contribution in [-0.4, -0.2) is 40.1 Å². The van der Waals surface area contributed by atoms with Gasteiger partial charge in [0.25, 0.3) is 5.91 Å². The van der Waals surface area contributed by atoms with Crippen LogP contribution in [0.2, 0.25) is 0 Å². The number of ether oxygens (including phenoxy) is 1. The van der Waals surface area contributed by atoms with Gasteiger partial charge >= 0.3 is 0 Å². The van der Waals surface area contributed by atoms with Gasteiger partial charge < -0.3 is 10.1 Å². The van der Waals surface area contributed by atoms with E-state index >= 15 is 0 Å². The second kappa shape index (κ2) is 10.6. The fraction of sp³-hybridized carbons (Fsp3) is 0.214. The minimum atomic E-state index is -0.679. The van der Waals surface area contributed by atoms with Crippen molar-refractivity contribution in [1.82, 2.24) is 5.01 Å². The third-order valence-corrected chi connectivity index (χ3v) is 7.37. The number of rotatable bonds is 6. The molecule has 2 atom stereocenters. The number of hydrogen-bond acceptors (Lipinski definition) is 6. The summed E-state index contributed by atoms with van der Waals surface area (Å²) in [6.45, 7) is 1.97. The summed E-state index contributed by atoms with van der Waals surface area (Å²) >= 11 is 1.18. The highest BCUT2D eigenvalue weighted by Crippen LogP contribution is 2.39. The van der Waals surface area contributed by atoms with Gasteiger partial charge in [-0.2, -0.15) is 10.1 Å². The van der Waals surface area contributed by atoms with Gasteiger partial charge in [0.15, 0.2) is 5.17 Å². The predicted octanol–water partition coefficient (Wildman–Crippen LogP) is 5.32. The molecule has 0 fully saturated rings. The third kappa shape index (κ3) is 5.41. The molecule has 0 radical (unpaired) electrons. The normalized spacial score (nSPS) is 19.0. The lowest BCUT2D eigenvalue weighted by Gasteiger charge is -2.23. The highest BCUT2D eigenvalue weighted by Gasteiger charge is 2.39. The van der Waals surface area contributed by atoms with Crippen molar-refractivity contribution >= 4 is 40.1 Å². The fourth-order valence-corrected chi connectivity index (χ4v) is 5.32. The van der Waals surface area contributed by atoms with Crippen molar-refractivity contribution in [3.8, 4) is 5.75 Å². The second-order valence-corrected chi connectivity index (χ2v) is 9.99. The number of aryl methyl sites for hydroxylation is 1. The molecule has 1 N–H and O–H groups in total. The number of hydrogen-bond donors (Lipinski definition) is 1. The zero-order chi connectivity index (χ0) is 25.9. The first-order valence-corrected chi connectivity index (χ1v) is 12.7. The predicted molar refractivity (Wildman–Crippen MR) is 143 cm³/mol. The largest absolute Gasteiger partial charge is 0.497 e. The molecule has 3 aromatic rings. The molecule has 0 spiro atoms. The zero-order valence-electron chi connectivity index (χ0n) is 20.3. The molecule has 0 bridgehead atoms. The molecule has 2 aliphatic heterocycles. The number of nitrogens with one attached hydrogen (secondary N) is 1. The number of amidine groups is 1. The first-order chi connectivity index (χ1) is 17.9. The molecule has 0 aromatic heterocycles. The first-order valence-electron chi connectivity index (χ1n) is 11.8. The highest BCUT2D eigenvalue weighted by atomic mass is 32.2. The topological polar surface area (TPSA) is 83.4 Å². The van der Waals surface area contributed by atoms with Crippen LogP contribution in [0.5, 0.6) is 5.75 Å². The van der Waals surface area contributed by atoms with Crippen LogP contribution in [0.15, 0.2) is 82.9 Å². The molecule has 0 saturated carbocycles. The van der Waals surface area contributed by atoms with E-state index in [1.807, 2.05) is 55.5 Å². The minimum Gasteiger partial charge on any atom is -0.497 e. The standard InChI is InChI=1S/C28H25FN4O3S/c1-17-7-11-19(12-8-17)30-26(34)16-25-27(35)31-28(37-25)33-24(21-5-3-4-6-22(21)29)15-23(32-33)18-9-13-20(36-2)14-10-18/h3-14,24-25H,15-16H2,1-2H3,(H,30,34). The number of hydrazone groups is 1. The first kappa shape index (κ1) is 24.7. The van der Waals surface area contributed by atoms with E-state index in [9.17, 15) is 14.0 Å². The van der Waals surface area contributed by atoms with Crippen LogP contribution in [0.3, 0.4) is 0 Å². The summed E-state index contributed by atoms with van der Waals surface area (Å²) in [5.74, 6) is -0.314. The number of carbonyl (C=O) groups excluding carboxylic acids is 2. The average molecular weight is 517 g/mol. The Morgan fingerprint density at radius 2 is 1.84 bits per heavy atom. The molecule has 37 heavy (non-hydrogen) atoms. The molecule has 2 aliphatic rings. The van der Waals surface area contributed by atoms with Crippen LogP contribution in [0.4, 0.5) is 10.1 Å². The Morgan fingerprint density at radius 3 is 2.54 bits per heavy atom. The Kier molecular flexibility index (Phi) is 7.05. The van der Waals surface area contributed by atoms with Gasteiger partial charge in [-0.1, -0.05) is 47.7 Å². The number of thioether (sulfide) groups is 1. The summed E-state index contributed by atoms with van der Waals surface area (Å²) in [4.78, 5) is 29.6. The monoisotopic (exact) mass is 516 g/mol. The summed E-state index contributed by atoms with van der Waals surface area (Å²) < 4.78 is 20.1. The number of carbonyl (C=O) groups is 2. The van der Waals surface area contributed by atoms with Gasteiger partial charge in [0.2, 0.25) is 5.91 Å². The van der Waals surface area contributed by atoms with Gasteiger partial charge in [-0.25, -0.2) is 9.40 Å². The van der Waals surface area contributed by atoms with Crippen LogP contribution in [0, 0.1) is 12.7 Å². The molecule has 188 valence electrons. The molecule has 5 rings (SSSR count). The summed E-state index contributed by atoms with van der Waals surface area (Å²) in [5, 5.41) is 8.87. The SMILES string of the molecule is COc1ccc(C2=NN(C3=NC(=O)C(CC(=O)Nc4ccc(C)cc4)S3)C(c3ccccc3F)C2)cc1. The van der Waals surface area contributed by atoms with Crippen LogP contribution < -0.4 is 10.1 Å². The number of nitrogens with zero attached hydrogens (tertiary/aromatic N) is 3.